The van der Waals surface area contributed by atoms with Crippen molar-refractivity contribution in [1.29, 1.82) is 0 Å². The average molecular weight is 276 g/mol. The van der Waals surface area contributed by atoms with Crippen LogP contribution in [0.5, 0.6) is 0 Å². The molecule has 0 bridgehead atoms. The molecule has 2 N–H and O–H groups in total. The summed E-state index contributed by atoms with van der Waals surface area (Å²) in [4.78, 5) is 18.4. The smallest absolute Gasteiger partial charge is 0.245 e. The van der Waals surface area contributed by atoms with E-state index in [1.54, 1.807) is 10.6 Å². The van der Waals surface area contributed by atoms with Crippen LogP contribution in [0.3, 0.4) is 0 Å². The third-order valence-electron chi connectivity index (χ3n) is 3.84. The number of anilines is 1. The molecule has 6 heteroatoms. The lowest BCUT2D eigenvalue weighted by Gasteiger charge is -2.22. The lowest BCUT2D eigenvalue weighted by Crippen LogP contribution is -2.34. The molecule has 20 heavy (non-hydrogen) atoms. The van der Waals surface area contributed by atoms with Gasteiger partial charge in [-0.15, -0.1) is 0 Å². The molecule has 3 rings (SSSR count). The highest BCUT2D eigenvalue weighted by atomic mass is 19.1. The number of nitrogens with two attached hydrogens (primary N) is 1. The predicted molar refractivity (Wildman–Crippen MR) is 74.6 cm³/mol. The number of fused-ring (bicyclic) bond motifs is 1. The lowest BCUT2D eigenvalue weighted by molar-refractivity contribution is -0.133. The van der Waals surface area contributed by atoms with E-state index in [1.807, 2.05) is 11.8 Å². The number of nitrogen functional groups attached to an aromatic ring is 1. The molecule has 1 aromatic carbocycles. The molecule has 0 radical (unpaired) electrons. The third-order valence-corrected chi connectivity index (χ3v) is 3.84. The van der Waals surface area contributed by atoms with E-state index in [2.05, 4.69) is 4.98 Å². The second-order valence-corrected chi connectivity index (χ2v) is 5.18. The number of benzene rings is 1. The molecular formula is C14H17FN4O. The number of likely N-dealkylation sites (tertiary alicyclic amines) is 1. The Balaban J connectivity index is 2.00. The van der Waals surface area contributed by atoms with Crippen molar-refractivity contribution in [2.45, 2.75) is 25.8 Å². The maximum atomic E-state index is 13.2. The summed E-state index contributed by atoms with van der Waals surface area (Å²) in [6.45, 7) is 3.40. The zero-order valence-electron chi connectivity index (χ0n) is 11.3. The van der Waals surface area contributed by atoms with E-state index in [0.717, 1.165) is 25.9 Å². The van der Waals surface area contributed by atoms with Gasteiger partial charge in [-0.25, -0.2) is 9.37 Å². The molecule has 2 aromatic rings. The van der Waals surface area contributed by atoms with Gasteiger partial charge >= 0.3 is 0 Å². The zero-order valence-corrected chi connectivity index (χ0v) is 11.3. The van der Waals surface area contributed by atoms with Crippen molar-refractivity contribution in [2.75, 3.05) is 18.8 Å². The normalized spacial score (nSPS) is 16.8. The van der Waals surface area contributed by atoms with Gasteiger partial charge in [-0.3, -0.25) is 9.36 Å². The highest BCUT2D eigenvalue weighted by Gasteiger charge is 2.26. The highest BCUT2D eigenvalue weighted by molar-refractivity contribution is 5.85. The van der Waals surface area contributed by atoms with Gasteiger partial charge in [0.2, 0.25) is 11.9 Å². The number of aromatic nitrogens is 2. The van der Waals surface area contributed by atoms with E-state index < -0.39 is 6.04 Å². The number of halogens is 1. The summed E-state index contributed by atoms with van der Waals surface area (Å²) >= 11 is 0. The monoisotopic (exact) mass is 276 g/mol. The van der Waals surface area contributed by atoms with Crippen LogP contribution in [-0.4, -0.2) is 33.4 Å². The van der Waals surface area contributed by atoms with E-state index in [9.17, 15) is 9.18 Å². The largest absolute Gasteiger partial charge is 0.369 e. The van der Waals surface area contributed by atoms with Gasteiger partial charge in [-0.05, 0) is 31.9 Å². The van der Waals surface area contributed by atoms with Crippen molar-refractivity contribution in [1.82, 2.24) is 14.5 Å². The second-order valence-electron chi connectivity index (χ2n) is 5.18. The molecular weight excluding hydrogens is 259 g/mol. The van der Waals surface area contributed by atoms with E-state index in [1.165, 1.54) is 12.1 Å². The molecule has 1 aromatic heterocycles. The lowest BCUT2D eigenvalue weighted by atomic mass is 10.2. The summed E-state index contributed by atoms with van der Waals surface area (Å²) in [6, 6.07) is 3.87. The van der Waals surface area contributed by atoms with Crippen LogP contribution in [0.25, 0.3) is 11.0 Å². The maximum absolute atomic E-state index is 13.2. The van der Waals surface area contributed by atoms with Crippen LogP contribution in [0.1, 0.15) is 25.8 Å². The Morgan fingerprint density at radius 2 is 2.10 bits per heavy atom. The van der Waals surface area contributed by atoms with Crippen LogP contribution in [0.4, 0.5) is 10.3 Å². The van der Waals surface area contributed by atoms with Gasteiger partial charge in [0, 0.05) is 19.2 Å². The summed E-state index contributed by atoms with van der Waals surface area (Å²) < 4.78 is 14.9. The van der Waals surface area contributed by atoms with Gasteiger partial charge in [0.25, 0.3) is 0 Å². The zero-order chi connectivity index (χ0) is 14.3. The first kappa shape index (κ1) is 12.9. The Labute approximate surface area is 116 Å². The Hall–Kier alpha value is -2.11. The van der Waals surface area contributed by atoms with Crippen molar-refractivity contribution in [2.24, 2.45) is 0 Å². The van der Waals surface area contributed by atoms with Gasteiger partial charge in [-0.2, -0.15) is 0 Å². The van der Waals surface area contributed by atoms with Gasteiger partial charge < -0.3 is 10.6 Å². The Bertz CT molecular complexity index is 660. The molecule has 0 aliphatic carbocycles. The van der Waals surface area contributed by atoms with Gasteiger partial charge in [0.05, 0.1) is 11.0 Å². The second kappa shape index (κ2) is 4.77. The number of hydrogen-bond acceptors (Lipinski definition) is 3. The van der Waals surface area contributed by atoms with Crippen molar-refractivity contribution >= 4 is 22.9 Å². The molecule has 1 aliphatic heterocycles. The fraction of sp³-hybridized carbons (Fsp3) is 0.429. The molecule has 5 nitrogen and oxygen atoms in total. The molecule has 1 unspecified atom stereocenters. The van der Waals surface area contributed by atoms with Gasteiger partial charge in [0.1, 0.15) is 11.9 Å². The highest BCUT2D eigenvalue weighted by Crippen LogP contribution is 2.25. The number of carbonyl (C=O) groups excluding carboxylic acids is 1. The molecule has 2 heterocycles. The van der Waals surface area contributed by atoms with E-state index >= 15 is 0 Å². The summed E-state index contributed by atoms with van der Waals surface area (Å²) in [7, 11) is 0. The molecule has 0 saturated carbocycles. The number of rotatable bonds is 2. The molecule has 1 fully saturated rings. The van der Waals surface area contributed by atoms with E-state index in [4.69, 9.17) is 5.73 Å². The Morgan fingerprint density at radius 3 is 2.80 bits per heavy atom. The van der Waals surface area contributed by atoms with Crippen molar-refractivity contribution in [3.8, 4) is 0 Å². The summed E-state index contributed by atoms with van der Waals surface area (Å²) in [5.74, 6) is -0.0795. The minimum Gasteiger partial charge on any atom is -0.369 e. The Kier molecular flexibility index (Phi) is 3.08. The fourth-order valence-corrected chi connectivity index (χ4v) is 2.81. The van der Waals surface area contributed by atoms with Gasteiger partial charge in [0.15, 0.2) is 0 Å². The van der Waals surface area contributed by atoms with Crippen molar-refractivity contribution in [3.05, 3.63) is 24.0 Å². The van der Waals surface area contributed by atoms with Crippen molar-refractivity contribution in [3.63, 3.8) is 0 Å². The van der Waals surface area contributed by atoms with E-state index in [0.29, 0.717) is 11.0 Å². The molecule has 106 valence electrons. The molecule has 1 aliphatic rings. The van der Waals surface area contributed by atoms with Gasteiger partial charge in [-0.1, -0.05) is 0 Å². The van der Waals surface area contributed by atoms with E-state index in [-0.39, 0.29) is 17.7 Å². The molecule has 1 atom stereocenters. The molecule has 0 spiro atoms. The minimum absolute atomic E-state index is 0.0397. The maximum Gasteiger partial charge on any atom is 0.245 e. The van der Waals surface area contributed by atoms with Crippen LogP contribution in [0, 0.1) is 5.82 Å². The SMILES string of the molecule is CC(C(=O)N1CCCC1)n1c(N)nc2cc(F)ccc21. The minimum atomic E-state index is -0.427. The quantitative estimate of drug-likeness (QED) is 0.911. The first-order valence-electron chi connectivity index (χ1n) is 6.79. The summed E-state index contributed by atoms with van der Waals surface area (Å²) in [5.41, 5.74) is 7.06. The first-order chi connectivity index (χ1) is 9.58. The Morgan fingerprint density at radius 1 is 1.40 bits per heavy atom. The predicted octanol–water partition coefficient (Wildman–Crippen LogP) is 1.94. The van der Waals surface area contributed by atoms with Crippen molar-refractivity contribution < 1.29 is 9.18 Å². The van der Waals surface area contributed by atoms with Crippen LogP contribution in [0.2, 0.25) is 0 Å². The fourth-order valence-electron chi connectivity index (χ4n) is 2.81. The standard InChI is InChI=1S/C14H17FN4O/c1-9(13(20)18-6-2-3-7-18)19-12-5-4-10(15)8-11(12)17-14(19)16/h4-5,8-9H,2-3,6-7H2,1H3,(H2,16,17). The first-order valence-corrected chi connectivity index (χ1v) is 6.79. The van der Waals surface area contributed by atoms with Crippen LogP contribution in [0.15, 0.2) is 18.2 Å². The number of amides is 1. The number of hydrogen-bond donors (Lipinski definition) is 1. The average Bonchev–Trinajstić information content (AvgIpc) is 3.03. The number of carbonyl (C=O) groups is 1. The number of nitrogens with zero attached hydrogens (tertiary/aromatic N) is 3. The van der Waals surface area contributed by atoms with Crippen LogP contribution < -0.4 is 5.73 Å². The topological polar surface area (TPSA) is 64.2 Å². The summed E-state index contributed by atoms with van der Waals surface area (Å²) in [6.07, 6.45) is 2.09. The third kappa shape index (κ3) is 2.01. The summed E-state index contributed by atoms with van der Waals surface area (Å²) in [5, 5.41) is 0. The molecule has 1 amide bonds. The molecule has 1 saturated heterocycles. The number of imidazole rings is 1. The van der Waals surface area contributed by atoms with Crippen LogP contribution >= 0.6 is 0 Å². The van der Waals surface area contributed by atoms with Crippen LogP contribution in [-0.2, 0) is 4.79 Å².